The van der Waals surface area contributed by atoms with Gasteiger partial charge in [-0.1, -0.05) is 18.2 Å². The summed E-state index contributed by atoms with van der Waals surface area (Å²) >= 11 is 0. The molecule has 2 aromatic rings. The van der Waals surface area contributed by atoms with Crippen molar-refractivity contribution in [1.29, 1.82) is 0 Å². The van der Waals surface area contributed by atoms with Gasteiger partial charge in [0.15, 0.2) is 6.10 Å². The lowest BCUT2D eigenvalue weighted by molar-refractivity contribution is -0.139. The van der Waals surface area contributed by atoms with Crippen molar-refractivity contribution in [2.24, 2.45) is 0 Å². The molecule has 5 heteroatoms. The van der Waals surface area contributed by atoms with E-state index in [1.807, 2.05) is 55.1 Å². The molecule has 2 heterocycles. The largest absolute Gasteiger partial charge is 0.481 e. The molecular formula is C19H24N2O3. The van der Waals surface area contributed by atoms with Gasteiger partial charge < -0.3 is 14.1 Å². The molecule has 0 saturated carbocycles. The van der Waals surface area contributed by atoms with Crippen molar-refractivity contribution in [1.82, 2.24) is 9.80 Å². The zero-order valence-corrected chi connectivity index (χ0v) is 14.3. The number of carbonyl (C=O) groups is 1. The van der Waals surface area contributed by atoms with Gasteiger partial charge in [-0.2, -0.15) is 0 Å². The lowest BCUT2D eigenvalue weighted by Gasteiger charge is -2.35. The molecule has 24 heavy (non-hydrogen) atoms. The molecule has 1 amide bonds. The van der Waals surface area contributed by atoms with E-state index in [1.165, 1.54) is 0 Å². The SMILES string of the molecule is Cc1ccccc1O[C@H](C)C(=O)N1CCN(Cc2ccco2)CC1. The molecule has 3 rings (SSSR count). The maximum absolute atomic E-state index is 12.6. The number of para-hydroxylation sites is 1. The fourth-order valence-corrected chi connectivity index (χ4v) is 2.94. The van der Waals surface area contributed by atoms with Crippen LogP contribution in [-0.2, 0) is 11.3 Å². The third-order valence-electron chi connectivity index (χ3n) is 4.39. The molecule has 128 valence electrons. The van der Waals surface area contributed by atoms with Gasteiger partial charge in [0.05, 0.1) is 12.8 Å². The first kappa shape index (κ1) is 16.6. The van der Waals surface area contributed by atoms with Crippen LogP contribution in [0.3, 0.4) is 0 Å². The molecule has 1 aromatic carbocycles. The molecule has 1 atom stereocenters. The number of furan rings is 1. The van der Waals surface area contributed by atoms with Crippen LogP contribution in [0.2, 0.25) is 0 Å². The summed E-state index contributed by atoms with van der Waals surface area (Å²) in [6.07, 6.45) is 1.22. The molecule has 0 bridgehead atoms. The van der Waals surface area contributed by atoms with Crippen LogP contribution in [0.4, 0.5) is 0 Å². The molecule has 5 nitrogen and oxygen atoms in total. The summed E-state index contributed by atoms with van der Waals surface area (Å²) in [5, 5.41) is 0. The Morgan fingerprint density at radius 1 is 1.17 bits per heavy atom. The molecule has 1 aliphatic heterocycles. The Kier molecular flexibility index (Phi) is 5.20. The number of benzene rings is 1. The van der Waals surface area contributed by atoms with E-state index in [-0.39, 0.29) is 5.91 Å². The lowest BCUT2D eigenvalue weighted by Crippen LogP contribution is -2.51. The second kappa shape index (κ2) is 7.53. The van der Waals surface area contributed by atoms with Gasteiger partial charge in [-0.05, 0) is 37.6 Å². The number of hydrogen-bond donors (Lipinski definition) is 0. The van der Waals surface area contributed by atoms with E-state index in [2.05, 4.69) is 4.90 Å². The van der Waals surface area contributed by atoms with E-state index in [0.717, 1.165) is 49.8 Å². The van der Waals surface area contributed by atoms with Crippen molar-refractivity contribution >= 4 is 5.91 Å². The number of nitrogens with zero attached hydrogens (tertiary/aromatic N) is 2. The molecule has 0 unspecified atom stereocenters. The molecule has 1 aromatic heterocycles. The first-order valence-electron chi connectivity index (χ1n) is 8.39. The predicted molar refractivity (Wildman–Crippen MR) is 91.8 cm³/mol. The van der Waals surface area contributed by atoms with Crippen LogP contribution in [-0.4, -0.2) is 48.0 Å². The predicted octanol–water partition coefficient (Wildman–Crippen LogP) is 2.70. The van der Waals surface area contributed by atoms with E-state index in [0.29, 0.717) is 0 Å². The van der Waals surface area contributed by atoms with E-state index in [4.69, 9.17) is 9.15 Å². The minimum atomic E-state index is -0.470. The number of hydrogen-bond acceptors (Lipinski definition) is 4. The Morgan fingerprint density at radius 3 is 2.58 bits per heavy atom. The van der Waals surface area contributed by atoms with Crippen LogP contribution in [0.15, 0.2) is 47.1 Å². The van der Waals surface area contributed by atoms with Crippen LogP contribution in [0.5, 0.6) is 5.75 Å². The quantitative estimate of drug-likeness (QED) is 0.847. The molecule has 0 radical (unpaired) electrons. The van der Waals surface area contributed by atoms with Crippen molar-refractivity contribution < 1.29 is 13.9 Å². The molecule has 1 saturated heterocycles. The summed E-state index contributed by atoms with van der Waals surface area (Å²) < 4.78 is 11.2. The molecule has 1 fully saturated rings. The topological polar surface area (TPSA) is 45.9 Å². The molecule has 1 aliphatic rings. The number of aryl methyl sites for hydroxylation is 1. The van der Waals surface area contributed by atoms with Crippen LogP contribution in [0, 0.1) is 6.92 Å². The monoisotopic (exact) mass is 328 g/mol. The first-order valence-corrected chi connectivity index (χ1v) is 8.39. The summed E-state index contributed by atoms with van der Waals surface area (Å²) in [6, 6.07) is 11.7. The van der Waals surface area contributed by atoms with Crippen LogP contribution < -0.4 is 4.74 Å². The Morgan fingerprint density at radius 2 is 1.92 bits per heavy atom. The van der Waals surface area contributed by atoms with Gasteiger partial charge in [-0.15, -0.1) is 0 Å². The Hall–Kier alpha value is -2.27. The van der Waals surface area contributed by atoms with Gasteiger partial charge >= 0.3 is 0 Å². The van der Waals surface area contributed by atoms with Crippen molar-refractivity contribution in [3.63, 3.8) is 0 Å². The minimum absolute atomic E-state index is 0.0518. The zero-order valence-electron chi connectivity index (χ0n) is 14.3. The van der Waals surface area contributed by atoms with Crippen molar-refractivity contribution in [3.8, 4) is 5.75 Å². The van der Waals surface area contributed by atoms with Gasteiger partial charge in [0.2, 0.25) is 0 Å². The first-order chi connectivity index (χ1) is 11.6. The highest BCUT2D eigenvalue weighted by Gasteiger charge is 2.26. The maximum atomic E-state index is 12.6. The van der Waals surface area contributed by atoms with E-state index in [1.54, 1.807) is 6.26 Å². The van der Waals surface area contributed by atoms with Gasteiger partial charge in [0.1, 0.15) is 11.5 Å². The lowest BCUT2D eigenvalue weighted by atomic mass is 10.2. The minimum Gasteiger partial charge on any atom is -0.481 e. The summed E-state index contributed by atoms with van der Waals surface area (Å²) in [5.74, 6) is 1.79. The molecule has 0 N–H and O–H groups in total. The van der Waals surface area contributed by atoms with E-state index < -0.39 is 6.10 Å². The fourth-order valence-electron chi connectivity index (χ4n) is 2.94. The third kappa shape index (κ3) is 3.97. The summed E-state index contributed by atoms with van der Waals surface area (Å²) in [6.45, 7) is 7.75. The van der Waals surface area contributed by atoms with Crippen molar-refractivity contribution in [2.75, 3.05) is 26.2 Å². The third-order valence-corrected chi connectivity index (χ3v) is 4.39. The average molecular weight is 328 g/mol. The summed E-state index contributed by atoms with van der Waals surface area (Å²) in [5.41, 5.74) is 1.04. The maximum Gasteiger partial charge on any atom is 0.263 e. The van der Waals surface area contributed by atoms with Gasteiger partial charge in [0.25, 0.3) is 5.91 Å². The molecular weight excluding hydrogens is 304 g/mol. The summed E-state index contributed by atoms with van der Waals surface area (Å²) in [7, 11) is 0. The highest BCUT2D eigenvalue weighted by Crippen LogP contribution is 2.19. The normalized spacial score (nSPS) is 16.8. The number of piperazine rings is 1. The van der Waals surface area contributed by atoms with Crippen molar-refractivity contribution in [2.45, 2.75) is 26.5 Å². The molecule has 0 spiro atoms. The van der Waals surface area contributed by atoms with E-state index >= 15 is 0 Å². The smallest absolute Gasteiger partial charge is 0.263 e. The second-order valence-corrected chi connectivity index (χ2v) is 6.21. The highest BCUT2D eigenvalue weighted by molar-refractivity contribution is 5.81. The Labute approximate surface area is 142 Å². The highest BCUT2D eigenvalue weighted by atomic mass is 16.5. The number of amides is 1. The van der Waals surface area contributed by atoms with E-state index in [9.17, 15) is 4.79 Å². The Bertz CT molecular complexity index is 661. The number of carbonyl (C=O) groups excluding carboxylic acids is 1. The van der Waals surface area contributed by atoms with Crippen molar-refractivity contribution in [3.05, 3.63) is 54.0 Å². The van der Waals surface area contributed by atoms with Crippen LogP contribution >= 0.6 is 0 Å². The second-order valence-electron chi connectivity index (χ2n) is 6.21. The average Bonchev–Trinajstić information content (AvgIpc) is 3.10. The number of rotatable bonds is 5. The fraction of sp³-hybridized carbons (Fsp3) is 0.421. The van der Waals surface area contributed by atoms with Crippen LogP contribution in [0.1, 0.15) is 18.2 Å². The molecule has 0 aliphatic carbocycles. The standard InChI is InChI=1S/C19H24N2O3/c1-15-6-3-4-8-18(15)24-16(2)19(22)21-11-9-20(10-12-21)14-17-7-5-13-23-17/h3-8,13,16H,9-12,14H2,1-2H3/t16-/m1/s1. The zero-order chi connectivity index (χ0) is 16.9. The van der Waals surface area contributed by atoms with Gasteiger partial charge in [-0.25, -0.2) is 0 Å². The van der Waals surface area contributed by atoms with Gasteiger partial charge in [-0.3, -0.25) is 9.69 Å². The Balaban J connectivity index is 1.50. The van der Waals surface area contributed by atoms with Gasteiger partial charge in [0, 0.05) is 26.2 Å². The van der Waals surface area contributed by atoms with Crippen LogP contribution in [0.25, 0.3) is 0 Å². The summed E-state index contributed by atoms with van der Waals surface area (Å²) in [4.78, 5) is 16.8. The number of ether oxygens (including phenoxy) is 1.